The van der Waals surface area contributed by atoms with Crippen molar-refractivity contribution in [3.63, 3.8) is 0 Å². The van der Waals surface area contributed by atoms with E-state index in [-0.39, 0.29) is 0 Å². The second kappa shape index (κ2) is 10.8. The van der Waals surface area contributed by atoms with Crippen LogP contribution in [0.2, 0.25) is 0 Å². The van der Waals surface area contributed by atoms with Crippen LogP contribution in [0, 0.1) is 0 Å². The van der Waals surface area contributed by atoms with Gasteiger partial charge in [0, 0.05) is 6.42 Å². The van der Waals surface area contributed by atoms with Gasteiger partial charge in [-0.2, -0.15) is 4.68 Å². The molecule has 1 heterocycles. The molecule has 0 atom stereocenters. The molecule has 0 radical (unpaired) electrons. The highest BCUT2D eigenvalue weighted by molar-refractivity contribution is 5.79. The fourth-order valence-corrected chi connectivity index (χ4v) is 2.96. The van der Waals surface area contributed by atoms with Gasteiger partial charge >= 0.3 is 11.7 Å². The Balaban J connectivity index is 1.87. The van der Waals surface area contributed by atoms with Crippen molar-refractivity contribution in [1.82, 2.24) is 9.78 Å². The lowest BCUT2D eigenvalue weighted by Crippen LogP contribution is -2.39. The molecule has 30 heavy (non-hydrogen) atoms. The van der Waals surface area contributed by atoms with Crippen LogP contribution >= 0.6 is 0 Å². The van der Waals surface area contributed by atoms with Gasteiger partial charge in [0.25, 0.3) is 0 Å². The molecule has 0 saturated carbocycles. The number of carbonyl (C=O) groups is 1. The first-order valence-corrected chi connectivity index (χ1v) is 10.4. The summed E-state index contributed by atoms with van der Waals surface area (Å²) in [6, 6.07) is 7.61. The number of esters is 1. The van der Waals surface area contributed by atoms with Crippen LogP contribution in [0.3, 0.4) is 0 Å². The normalized spacial score (nSPS) is 12.1. The summed E-state index contributed by atoms with van der Waals surface area (Å²) in [4.78, 5) is 23.9. The van der Waals surface area contributed by atoms with E-state index in [0.29, 0.717) is 31.2 Å². The van der Waals surface area contributed by atoms with E-state index in [4.69, 9.17) is 13.9 Å². The number of rotatable bonds is 11. The largest absolute Gasteiger partial charge is 0.476 e. The predicted molar refractivity (Wildman–Crippen MR) is 115 cm³/mol. The van der Waals surface area contributed by atoms with Gasteiger partial charge in [-0.15, -0.1) is 5.10 Å². The maximum Gasteiger partial charge on any atom is 0.437 e. The van der Waals surface area contributed by atoms with Crippen molar-refractivity contribution in [2.45, 2.75) is 72.4 Å². The van der Waals surface area contributed by atoms with Gasteiger partial charge in [0.05, 0.1) is 13.2 Å². The van der Waals surface area contributed by atoms with Gasteiger partial charge < -0.3 is 13.9 Å². The molecule has 2 aromatic rings. The van der Waals surface area contributed by atoms with Gasteiger partial charge in [0.15, 0.2) is 5.60 Å². The number of carbonyl (C=O) groups excluding carboxylic acids is 1. The van der Waals surface area contributed by atoms with Gasteiger partial charge in [-0.3, -0.25) is 0 Å². The number of benzene rings is 1. The number of aryl methyl sites for hydroxylation is 2. The van der Waals surface area contributed by atoms with Crippen LogP contribution < -0.4 is 10.5 Å². The minimum atomic E-state index is -1.04. The molecule has 0 aliphatic carbocycles. The lowest BCUT2D eigenvalue weighted by Gasteiger charge is -2.24. The van der Waals surface area contributed by atoms with Crippen molar-refractivity contribution in [3.8, 4) is 5.75 Å². The summed E-state index contributed by atoms with van der Waals surface area (Å²) in [5.74, 6) is 0.263. The van der Waals surface area contributed by atoms with Crippen LogP contribution in [0.5, 0.6) is 5.75 Å². The molecule has 7 nitrogen and oxygen atoms in total. The zero-order valence-corrected chi connectivity index (χ0v) is 18.6. The molecule has 0 unspecified atom stereocenters. The zero-order chi connectivity index (χ0) is 22.1. The van der Waals surface area contributed by atoms with E-state index >= 15 is 0 Å². The second-order valence-electron chi connectivity index (χ2n) is 7.55. The molecule has 0 fully saturated rings. The number of nitrogens with zero attached hydrogens (tertiary/aromatic N) is 2. The van der Waals surface area contributed by atoms with E-state index in [2.05, 4.69) is 12.0 Å². The third kappa shape index (κ3) is 6.61. The molecular formula is C23H32N2O5. The SMILES string of the molecule is C/C=C(\CC)Cn1nc(CCCc2ccc(OC(C)(C)C(=O)OCC)cc2)oc1=O. The van der Waals surface area contributed by atoms with E-state index in [0.717, 1.165) is 30.4 Å². The quantitative estimate of drug-likeness (QED) is 0.405. The van der Waals surface area contributed by atoms with Crippen LogP contribution in [0.25, 0.3) is 0 Å². The molecule has 7 heteroatoms. The molecule has 2 rings (SSSR count). The summed E-state index contributed by atoms with van der Waals surface area (Å²) in [7, 11) is 0. The molecule has 0 aliphatic heterocycles. The first-order valence-electron chi connectivity index (χ1n) is 10.4. The Morgan fingerprint density at radius 2 is 1.90 bits per heavy atom. The Kier molecular flexibility index (Phi) is 8.45. The van der Waals surface area contributed by atoms with Crippen LogP contribution in [-0.4, -0.2) is 28.0 Å². The van der Waals surface area contributed by atoms with Gasteiger partial charge in [-0.05, 0) is 64.7 Å². The Morgan fingerprint density at radius 1 is 1.20 bits per heavy atom. The van der Waals surface area contributed by atoms with E-state index < -0.39 is 17.3 Å². The van der Waals surface area contributed by atoms with Gasteiger partial charge in [0.2, 0.25) is 5.89 Å². The van der Waals surface area contributed by atoms with E-state index in [1.54, 1.807) is 20.8 Å². The minimum Gasteiger partial charge on any atom is -0.476 e. The molecule has 0 N–H and O–H groups in total. The zero-order valence-electron chi connectivity index (χ0n) is 18.6. The summed E-state index contributed by atoms with van der Waals surface area (Å²) < 4.78 is 17.4. The van der Waals surface area contributed by atoms with Crippen molar-refractivity contribution < 1.29 is 18.7 Å². The summed E-state index contributed by atoms with van der Waals surface area (Å²) in [5, 5.41) is 4.30. The lowest BCUT2D eigenvalue weighted by atomic mass is 10.1. The number of aromatic nitrogens is 2. The highest BCUT2D eigenvalue weighted by atomic mass is 16.6. The van der Waals surface area contributed by atoms with E-state index in [1.807, 2.05) is 37.3 Å². The topological polar surface area (TPSA) is 83.6 Å². The van der Waals surface area contributed by atoms with Crippen molar-refractivity contribution in [2.75, 3.05) is 6.61 Å². The average molecular weight is 417 g/mol. The summed E-state index contributed by atoms with van der Waals surface area (Å²) in [5.41, 5.74) is 1.23. The third-order valence-electron chi connectivity index (χ3n) is 4.78. The first-order chi connectivity index (χ1) is 14.3. The van der Waals surface area contributed by atoms with E-state index in [9.17, 15) is 9.59 Å². The molecule has 0 amide bonds. The molecule has 1 aromatic heterocycles. The summed E-state index contributed by atoms with van der Waals surface area (Å²) in [6.45, 7) is 9.94. The molecule has 0 aliphatic rings. The number of allylic oxidation sites excluding steroid dienone is 2. The van der Waals surface area contributed by atoms with E-state index in [1.165, 1.54) is 4.68 Å². The van der Waals surface area contributed by atoms with Crippen LogP contribution in [0.15, 0.2) is 45.1 Å². The van der Waals surface area contributed by atoms with Crippen molar-refractivity contribution in [1.29, 1.82) is 0 Å². The average Bonchev–Trinajstić information content (AvgIpc) is 3.06. The fraction of sp³-hybridized carbons (Fsp3) is 0.522. The Bertz CT molecular complexity index is 906. The van der Waals surface area contributed by atoms with Gasteiger partial charge in [-0.25, -0.2) is 9.59 Å². The molecule has 0 spiro atoms. The number of hydrogen-bond donors (Lipinski definition) is 0. The maximum atomic E-state index is 11.9. The van der Waals surface area contributed by atoms with Crippen molar-refractivity contribution >= 4 is 5.97 Å². The summed E-state index contributed by atoms with van der Waals surface area (Å²) >= 11 is 0. The monoisotopic (exact) mass is 416 g/mol. The smallest absolute Gasteiger partial charge is 0.437 e. The maximum absolute atomic E-state index is 11.9. The number of hydrogen-bond acceptors (Lipinski definition) is 6. The predicted octanol–water partition coefficient (Wildman–Crippen LogP) is 4.09. The van der Waals surface area contributed by atoms with Crippen LogP contribution in [0.1, 0.15) is 58.9 Å². The standard InChI is InChI=1S/C23H32N2O5/c1-6-17(7-2)16-25-22(27)29-20(24-25)11-9-10-18-12-14-19(15-13-18)30-23(4,5)21(26)28-8-3/h6,12-15H,7-11,16H2,1-5H3/b17-6+. The van der Waals surface area contributed by atoms with Crippen molar-refractivity contribution in [2.24, 2.45) is 0 Å². The van der Waals surface area contributed by atoms with Crippen LogP contribution in [-0.2, 0) is 28.9 Å². The minimum absolute atomic E-state index is 0.317. The van der Waals surface area contributed by atoms with Gasteiger partial charge in [-0.1, -0.05) is 30.7 Å². The molecule has 0 bridgehead atoms. The molecule has 1 aromatic carbocycles. The highest BCUT2D eigenvalue weighted by Crippen LogP contribution is 2.21. The van der Waals surface area contributed by atoms with Crippen LogP contribution in [0.4, 0.5) is 0 Å². The first kappa shape index (κ1) is 23.4. The lowest BCUT2D eigenvalue weighted by molar-refractivity contribution is -0.158. The Morgan fingerprint density at radius 3 is 2.50 bits per heavy atom. The highest BCUT2D eigenvalue weighted by Gasteiger charge is 2.31. The second-order valence-corrected chi connectivity index (χ2v) is 7.55. The Hall–Kier alpha value is -2.83. The molecule has 0 saturated heterocycles. The summed E-state index contributed by atoms with van der Waals surface area (Å²) in [6.07, 6.45) is 5.09. The van der Waals surface area contributed by atoms with Crippen molar-refractivity contribution in [3.05, 3.63) is 57.9 Å². The third-order valence-corrected chi connectivity index (χ3v) is 4.78. The van der Waals surface area contributed by atoms with Gasteiger partial charge in [0.1, 0.15) is 5.75 Å². The molecule has 164 valence electrons. The molecular weight excluding hydrogens is 384 g/mol. The fourth-order valence-electron chi connectivity index (χ4n) is 2.96. The Labute approximate surface area is 177 Å². The number of ether oxygens (including phenoxy) is 2.